The first kappa shape index (κ1) is 50.3. The number of aliphatic carboxylic acids is 1. The number of halogens is 3. The summed E-state index contributed by atoms with van der Waals surface area (Å²) in [6.07, 6.45) is -4.54. The van der Waals surface area contributed by atoms with Crippen molar-refractivity contribution in [3.8, 4) is 0 Å². The molecule has 4 aliphatic rings. The highest BCUT2D eigenvalue weighted by Gasteiger charge is 2.38. The molecule has 352 valence electrons. The van der Waals surface area contributed by atoms with E-state index in [2.05, 4.69) is 35.8 Å². The number of nitrogen functional groups attached to an aromatic ring is 1. The van der Waals surface area contributed by atoms with Crippen molar-refractivity contribution < 1.29 is 50.7 Å². The summed E-state index contributed by atoms with van der Waals surface area (Å²) in [6.45, 7) is 4.43. The van der Waals surface area contributed by atoms with Crippen LogP contribution >= 0.6 is 0 Å². The van der Waals surface area contributed by atoms with E-state index in [0.717, 1.165) is 31.7 Å². The molecule has 1 saturated heterocycles. The van der Waals surface area contributed by atoms with Gasteiger partial charge in [0.15, 0.2) is 0 Å². The van der Waals surface area contributed by atoms with E-state index in [1.807, 2.05) is 0 Å². The number of amidine groups is 1. The predicted octanol–water partition coefficient (Wildman–Crippen LogP) is 2.97. The normalized spacial score (nSPS) is 19.9. The van der Waals surface area contributed by atoms with E-state index >= 15 is 0 Å². The monoisotopic (exact) mass is 935 g/mol. The van der Waals surface area contributed by atoms with Gasteiger partial charge in [0.2, 0.25) is 33.7 Å². The molecular formula is C45H52F3N9O8S. The van der Waals surface area contributed by atoms with Crippen LogP contribution in [0.25, 0.3) is 0 Å². The van der Waals surface area contributed by atoms with Gasteiger partial charge in [-0.05, 0) is 52.9 Å². The number of fused-ring (bicyclic) bond motifs is 2. The largest absolute Gasteiger partial charge is 0.490 e. The van der Waals surface area contributed by atoms with E-state index in [4.69, 9.17) is 21.0 Å². The molecular weight excluding hydrogens is 884 g/mol. The molecule has 0 aromatic heterocycles. The number of hydrogen-bond donors (Lipinski definition) is 8. The van der Waals surface area contributed by atoms with Crippen molar-refractivity contribution in [2.75, 3.05) is 49.9 Å². The molecule has 6 bridgehead atoms. The fourth-order valence-corrected chi connectivity index (χ4v) is 8.35. The molecule has 17 nitrogen and oxygen atoms in total. The van der Waals surface area contributed by atoms with Crippen molar-refractivity contribution in [2.45, 2.75) is 56.2 Å². The number of nitrogens with zero attached hydrogens (tertiary/aromatic N) is 2. The molecule has 4 amide bonds. The topological polar surface area (TPSA) is 256 Å². The number of benzene rings is 4. The first-order valence-corrected chi connectivity index (χ1v) is 22.5. The van der Waals surface area contributed by atoms with Gasteiger partial charge in [-0.1, -0.05) is 78.9 Å². The van der Waals surface area contributed by atoms with Crippen molar-refractivity contribution in [1.29, 1.82) is 5.41 Å². The van der Waals surface area contributed by atoms with Crippen molar-refractivity contribution in [2.24, 2.45) is 5.73 Å². The Hall–Kier alpha value is -6.68. The van der Waals surface area contributed by atoms with Crippen molar-refractivity contribution in [1.82, 2.24) is 25.2 Å². The molecule has 4 aliphatic heterocycles. The second-order valence-electron chi connectivity index (χ2n) is 15.7. The first-order chi connectivity index (χ1) is 31.3. The van der Waals surface area contributed by atoms with Crippen LogP contribution < -0.4 is 31.7 Å². The number of nitrogens with one attached hydrogen (secondary N) is 6. The van der Waals surface area contributed by atoms with Crippen LogP contribution in [0.15, 0.2) is 103 Å². The van der Waals surface area contributed by atoms with Gasteiger partial charge in [-0.3, -0.25) is 24.6 Å². The molecule has 8 rings (SSSR count). The Kier molecular flexibility index (Phi) is 17.9. The number of nitrogens with two attached hydrogens (primary N) is 1. The standard InChI is InChI=1S/C43H51N9O6S.C2HF3O2/c44-41(45)34-13-9-31(10-14-34)28-46-42(55)37-27-33-7-4-8-36(25-33)48-40(54)18-20-52-23-21-51(22-24-52)19-17-39(53)47-35-15-11-30(12-16-35)26-38(43(56)49-37)50-59(57,58)29-32-5-2-1-3-6-32;3-2(4,5)1(6)7/h1-16,25,37-38,50H,17-24,26-29H2,(H3,44,45)(H,46,55)(H,47,53)(H,48,54)(H,49,56);(H,6,7)/t37-,38+;/m0./s1. The second-order valence-corrected chi connectivity index (χ2v) is 17.4. The molecule has 0 aliphatic carbocycles. The first-order valence-electron chi connectivity index (χ1n) is 20.9. The molecule has 66 heavy (non-hydrogen) atoms. The zero-order chi connectivity index (χ0) is 47.9. The lowest BCUT2D eigenvalue weighted by atomic mass is 10.0. The zero-order valence-electron chi connectivity index (χ0n) is 35.8. The summed E-state index contributed by atoms with van der Waals surface area (Å²) in [4.78, 5) is 67.5. The number of piperazine rings is 1. The molecule has 9 N–H and O–H groups in total. The Morgan fingerprint density at radius 3 is 1.88 bits per heavy atom. The van der Waals surface area contributed by atoms with Gasteiger partial charge in [-0.25, -0.2) is 17.9 Å². The summed E-state index contributed by atoms with van der Waals surface area (Å²) in [5, 5.41) is 26.4. The fraction of sp³-hybridized carbons (Fsp3) is 0.333. The number of alkyl halides is 3. The third-order valence-corrected chi connectivity index (χ3v) is 11.9. The maximum absolute atomic E-state index is 14.3. The lowest BCUT2D eigenvalue weighted by molar-refractivity contribution is -0.192. The van der Waals surface area contributed by atoms with Crippen LogP contribution in [0, 0.1) is 5.41 Å². The number of carboxylic acids is 1. The van der Waals surface area contributed by atoms with Crippen molar-refractivity contribution >= 4 is 56.8 Å². The average Bonchev–Trinajstić information content (AvgIpc) is 3.27. The lowest BCUT2D eigenvalue weighted by Crippen LogP contribution is -2.55. The van der Waals surface area contributed by atoms with Crippen molar-refractivity contribution in [3.63, 3.8) is 0 Å². The Morgan fingerprint density at radius 1 is 0.742 bits per heavy atom. The maximum atomic E-state index is 14.3. The van der Waals surface area contributed by atoms with Crippen LogP contribution in [0.4, 0.5) is 24.5 Å². The number of amides is 4. The summed E-state index contributed by atoms with van der Waals surface area (Å²) >= 11 is 0. The van der Waals surface area contributed by atoms with Crippen LogP contribution in [-0.2, 0) is 59.1 Å². The highest BCUT2D eigenvalue weighted by Crippen LogP contribution is 2.17. The smallest absolute Gasteiger partial charge is 0.475 e. The third kappa shape index (κ3) is 16.7. The van der Waals surface area contributed by atoms with E-state index in [9.17, 15) is 40.8 Å². The Labute approximate surface area is 379 Å². The minimum absolute atomic E-state index is 0.0206. The molecule has 1 fully saturated rings. The third-order valence-electron chi connectivity index (χ3n) is 10.5. The van der Waals surface area contributed by atoms with Crippen LogP contribution in [0.2, 0.25) is 0 Å². The van der Waals surface area contributed by atoms with Gasteiger partial charge in [0, 0.05) is 82.0 Å². The minimum Gasteiger partial charge on any atom is -0.475 e. The fourth-order valence-electron chi connectivity index (χ4n) is 7.01. The highest BCUT2D eigenvalue weighted by atomic mass is 32.2. The van der Waals surface area contributed by atoms with E-state index in [-0.39, 0.29) is 49.2 Å². The summed E-state index contributed by atoms with van der Waals surface area (Å²) in [5.74, 6) is -4.77. The number of anilines is 2. The van der Waals surface area contributed by atoms with E-state index in [0.29, 0.717) is 53.1 Å². The maximum Gasteiger partial charge on any atom is 0.490 e. The SMILES string of the molecule is N=C(N)c1ccc(CNC(=O)[C@@H]2Cc3cccc(c3)NC(=O)CCN3CCN(CCC(=O)Nc4ccc(cc4)C[C@@H](NS(=O)(=O)Cc4ccccc4)C(=O)N2)CC3)cc1.O=C(O)C(F)(F)F. The number of carbonyl (C=O) groups is 5. The van der Waals surface area contributed by atoms with Gasteiger partial charge in [-0.15, -0.1) is 0 Å². The summed E-state index contributed by atoms with van der Waals surface area (Å²) in [5.41, 5.74) is 9.75. The molecule has 4 heterocycles. The van der Waals surface area contributed by atoms with Crippen molar-refractivity contribution in [3.05, 3.63) is 131 Å². The number of rotatable bonds is 8. The molecule has 0 saturated carbocycles. The van der Waals surface area contributed by atoms with Crippen LogP contribution in [-0.4, -0.2) is 116 Å². The van der Waals surface area contributed by atoms with Crippen LogP contribution in [0.3, 0.4) is 0 Å². The zero-order valence-corrected chi connectivity index (χ0v) is 36.6. The molecule has 0 unspecified atom stereocenters. The lowest BCUT2D eigenvalue weighted by Gasteiger charge is -2.34. The predicted molar refractivity (Wildman–Crippen MR) is 241 cm³/mol. The number of hydrogen-bond acceptors (Lipinski definition) is 10. The van der Waals surface area contributed by atoms with Gasteiger partial charge < -0.3 is 41.9 Å². The van der Waals surface area contributed by atoms with Crippen LogP contribution in [0.5, 0.6) is 0 Å². The molecule has 4 aromatic rings. The Bertz CT molecular complexity index is 2430. The Morgan fingerprint density at radius 2 is 1.32 bits per heavy atom. The van der Waals surface area contributed by atoms with Crippen LogP contribution in [0.1, 0.15) is 40.7 Å². The molecule has 0 spiro atoms. The van der Waals surface area contributed by atoms with E-state index < -0.39 is 46.1 Å². The van der Waals surface area contributed by atoms with Gasteiger partial charge in [0.1, 0.15) is 17.9 Å². The molecule has 2 atom stereocenters. The summed E-state index contributed by atoms with van der Waals surface area (Å²) in [6, 6.07) is 26.9. The Balaban J connectivity index is 0.00000108. The quantitative estimate of drug-likeness (QED) is 0.0942. The van der Waals surface area contributed by atoms with Gasteiger partial charge in [0.25, 0.3) is 0 Å². The number of sulfonamides is 1. The summed E-state index contributed by atoms with van der Waals surface area (Å²) < 4.78 is 61.5. The van der Waals surface area contributed by atoms with Gasteiger partial charge >= 0.3 is 12.1 Å². The number of carbonyl (C=O) groups excluding carboxylic acids is 4. The molecule has 4 aromatic carbocycles. The second kappa shape index (κ2) is 23.5. The van der Waals surface area contributed by atoms with E-state index in [1.54, 1.807) is 103 Å². The molecule has 21 heteroatoms. The average molecular weight is 936 g/mol. The summed E-state index contributed by atoms with van der Waals surface area (Å²) in [7, 11) is -4.07. The number of carboxylic acid groups (broad SMARTS) is 1. The minimum atomic E-state index is -5.08. The highest BCUT2D eigenvalue weighted by molar-refractivity contribution is 7.88. The van der Waals surface area contributed by atoms with E-state index in [1.165, 1.54) is 0 Å². The van der Waals surface area contributed by atoms with Gasteiger partial charge in [-0.2, -0.15) is 13.2 Å². The molecule has 0 radical (unpaired) electrons. The van der Waals surface area contributed by atoms with Gasteiger partial charge in [0.05, 0.1) is 5.75 Å².